The summed E-state index contributed by atoms with van der Waals surface area (Å²) >= 11 is 0. The van der Waals surface area contributed by atoms with Crippen molar-refractivity contribution in [2.45, 2.75) is 46.1 Å². The molecule has 1 aliphatic carbocycles. The number of benzene rings is 6. The maximum absolute atomic E-state index is 10.5. The molecule has 0 fully saturated rings. The first-order valence-electron chi connectivity index (χ1n) is 17.3. The molecule has 254 valence electrons. The van der Waals surface area contributed by atoms with Crippen molar-refractivity contribution in [2.75, 3.05) is 5.73 Å². The summed E-state index contributed by atoms with van der Waals surface area (Å²) in [6.07, 6.45) is 1.89. The second-order valence-corrected chi connectivity index (χ2v) is 13.5. The van der Waals surface area contributed by atoms with Crippen molar-refractivity contribution in [1.29, 1.82) is 0 Å². The minimum Gasteiger partial charge on any atom is -0.504 e. The SMILES string of the molecule is C=Cc1cc(/C(C)=N/Cc2c(C)c(N)c(O)c(O)c2O)ccc1-c1cc(C(C)C2c3ccccc3-c3ccccc32)cc(-c2ccccc2)c1C. The van der Waals surface area contributed by atoms with Gasteiger partial charge in [0.25, 0.3) is 0 Å². The van der Waals surface area contributed by atoms with Gasteiger partial charge in [-0.05, 0) is 105 Å². The van der Waals surface area contributed by atoms with Crippen molar-refractivity contribution in [3.05, 3.63) is 160 Å². The quantitative estimate of drug-likeness (QED) is 0.0560. The van der Waals surface area contributed by atoms with Crippen LogP contribution in [0.3, 0.4) is 0 Å². The van der Waals surface area contributed by atoms with Gasteiger partial charge < -0.3 is 21.1 Å². The number of anilines is 1. The Morgan fingerprint density at radius 3 is 1.98 bits per heavy atom. The highest BCUT2D eigenvalue weighted by atomic mass is 16.3. The van der Waals surface area contributed by atoms with E-state index in [0.29, 0.717) is 11.1 Å². The Morgan fingerprint density at radius 1 is 0.725 bits per heavy atom. The number of phenols is 3. The summed E-state index contributed by atoms with van der Waals surface area (Å²) in [7, 11) is 0. The highest BCUT2D eigenvalue weighted by molar-refractivity contribution is 6.00. The number of hydrogen-bond acceptors (Lipinski definition) is 5. The number of nitrogen functional groups attached to an aromatic ring is 1. The van der Waals surface area contributed by atoms with Gasteiger partial charge in [-0.2, -0.15) is 0 Å². The average molecular weight is 671 g/mol. The fourth-order valence-corrected chi connectivity index (χ4v) is 7.71. The van der Waals surface area contributed by atoms with Crippen LogP contribution in [-0.4, -0.2) is 21.0 Å². The predicted octanol–water partition coefficient (Wildman–Crippen LogP) is 10.9. The van der Waals surface area contributed by atoms with Crippen molar-refractivity contribution in [3.8, 4) is 50.6 Å². The van der Waals surface area contributed by atoms with E-state index in [1.165, 1.54) is 44.5 Å². The second-order valence-electron chi connectivity index (χ2n) is 13.5. The van der Waals surface area contributed by atoms with Gasteiger partial charge in [0.2, 0.25) is 5.75 Å². The van der Waals surface area contributed by atoms with E-state index in [0.717, 1.165) is 28.0 Å². The molecule has 0 aromatic heterocycles. The highest BCUT2D eigenvalue weighted by Gasteiger charge is 2.33. The molecule has 6 aromatic carbocycles. The second kappa shape index (κ2) is 13.3. The van der Waals surface area contributed by atoms with E-state index >= 15 is 0 Å². The van der Waals surface area contributed by atoms with Gasteiger partial charge in [0, 0.05) is 17.2 Å². The van der Waals surface area contributed by atoms with Crippen LogP contribution in [0.5, 0.6) is 17.2 Å². The lowest BCUT2D eigenvalue weighted by molar-refractivity contribution is 0.366. The number of rotatable bonds is 8. The first-order valence-corrected chi connectivity index (χ1v) is 17.3. The lowest BCUT2D eigenvalue weighted by Crippen LogP contribution is -2.08. The van der Waals surface area contributed by atoms with Crippen LogP contribution < -0.4 is 5.73 Å². The van der Waals surface area contributed by atoms with Crippen molar-refractivity contribution < 1.29 is 15.3 Å². The van der Waals surface area contributed by atoms with Crippen LogP contribution in [0.25, 0.3) is 39.5 Å². The van der Waals surface area contributed by atoms with E-state index in [1.54, 1.807) is 6.92 Å². The highest BCUT2D eigenvalue weighted by Crippen LogP contribution is 2.52. The topological polar surface area (TPSA) is 99.1 Å². The molecule has 0 radical (unpaired) electrons. The van der Waals surface area contributed by atoms with Crippen LogP contribution in [-0.2, 0) is 6.54 Å². The molecule has 0 saturated carbocycles. The number of nitrogens with two attached hydrogens (primary N) is 1. The summed E-state index contributed by atoms with van der Waals surface area (Å²) in [5.74, 6) is -1.15. The van der Waals surface area contributed by atoms with Crippen LogP contribution in [0.15, 0.2) is 121 Å². The number of phenolic OH excluding ortho intramolecular Hbond substituents is 3. The number of aliphatic imine (C=N–C) groups is 1. The Hall–Kier alpha value is -6.07. The first kappa shape index (κ1) is 33.4. The van der Waals surface area contributed by atoms with Crippen LogP contribution >= 0.6 is 0 Å². The molecule has 1 unspecified atom stereocenters. The molecular formula is C46H42N2O3. The number of aromatic hydroxyl groups is 3. The molecule has 1 aliphatic rings. The van der Waals surface area contributed by atoms with Gasteiger partial charge >= 0.3 is 0 Å². The van der Waals surface area contributed by atoms with E-state index in [1.807, 2.05) is 13.0 Å². The maximum atomic E-state index is 10.5. The maximum Gasteiger partial charge on any atom is 0.202 e. The minimum atomic E-state index is -0.637. The minimum absolute atomic E-state index is 0.0228. The van der Waals surface area contributed by atoms with E-state index in [9.17, 15) is 15.3 Å². The summed E-state index contributed by atoms with van der Waals surface area (Å²) in [5, 5.41) is 30.7. The summed E-state index contributed by atoms with van der Waals surface area (Å²) in [5.41, 5.74) is 21.9. The zero-order chi connectivity index (χ0) is 36.0. The predicted molar refractivity (Wildman–Crippen MR) is 211 cm³/mol. The first-order chi connectivity index (χ1) is 24.6. The normalized spacial score (nSPS) is 13.1. The Bertz CT molecular complexity index is 2280. The van der Waals surface area contributed by atoms with Crippen LogP contribution in [0.1, 0.15) is 70.2 Å². The molecule has 5 heteroatoms. The van der Waals surface area contributed by atoms with Gasteiger partial charge in [-0.3, -0.25) is 4.99 Å². The zero-order valence-corrected chi connectivity index (χ0v) is 29.4. The molecule has 6 aromatic rings. The van der Waals surface area contributed by atoms with Gasteiger partial charge in [0.15, 0.2) is 11.5 Å². The Morgan fingerprint density at radius 2 is 1.33 bits per heavy atom. The van der Waals surface area contributed by atoms with E-state index in [-0.39, 0.29) is 24.1 Å². The number of nitrogens with zero attached hydrogens (tertiary/aromatic N) is 1. The van der Waals surface area contributed by atoms with Gasteiger partial charge in [0.1, 0.15) is 0 Å². The molecule has 5 N–H and O–H groups in total. The summed E-state index contributed by atoms with van der Waals surface area (Å²) < 4.78 is 0. The Kier molecular flexibility index (Phi) is 8.74. The molecule has 0 aliphatic heterocycles. The number of hydrogen-bond donors (Lipinski definition) is 4. The summed E-state index contributed by atoms with van der Waals surface area (Å²) in [4.78, 5) is 4.74. The van der Waals surface area contributed by atoms with Gasteiger partial charge in [0.05, 0.1) is 12.2 Å². The molecule has 0 amide bonds. The molecule has 5 nitrogen and oxygen atoms in total. The molecule has 0 heterocycles. The smallest absolute Gasteiger partial charge is 0.202 e. The largest absolute Gasteiger partial charge is 0.504 e. The van der Waals surface area contributed by atoms with Crippen molar-refractivity contribution in [3.63, 3.8) is 0 Å². The fourth-order valence-electron chi connectivity index (χ4n) is 7.71. The van der Waals surface area contributed by atoms with Gasteiger partial charge in [-0.1, -0.05) is 123 Å². The average Bonchev–Trinajstić information content (AvgIpc) is 3.50. The van der Waals surface area contributed by atoms with Crippen molar-refractivity contribution in [1.82, 2.24) is 0 Å². The summed E-state index contributed by atoms with van der Waals surface area (Å²) in [6.45, 7) is 12.4. The summed E-state index contributed by atoms with van der Waals surface area (Å²) in [6, 6.07) is 39.3. The van der Waals surface area contributed by atoms with E-state index in [2.05, 4.69) is 130 Å². The lowest BCUT2D eigenvalue weighted by Gasteiger charge is -2.25. The monoisotopic (exact) mass is 670 g/mol. The fraction of sp³-hybridized carbons (Fsp3) is 0.152. The molecule has 0 saturated heterocycles. The van der Waals surface area contributed by atoms with Crippen molar-refractivity contribution in [2.24, 2.45) is 4.99 Å². The van der Waals surface area contributed by atoms with Gasteiger partial charge in [-0.25, -0.2) is 0 Å². The molecule has 51 heavy (non-hydrogen) atoms. The third-order valence-corrected chi connectivity index (χ3v) is 10.7. The van der Waals surface area contributed by atoms with Crippen LogP contribution in [0.4, 0.5) is 5.69 Å². The molecular weight excluding hydrogens is 629 g/mol. The van der Waals surface area contributed by atoms with Gasteiger partial charge in [-0.15, -0.1) is 0 Å². The molecule has 1 atom stereocenters. The standard InChI is InChI=1S/C46H42N2O3/c1-6-30-22-32(29(5)48-25-41-28(4)43(47)45(50)46(51)44(41)49)20-21-34(30)40-24-33(23-39(27(40)3)31-14-8-7-9-15-31)26(2)42-37-18-12-10-16-35(37)36-17-11-13-19-38(36)42/h6-24,26,42,49-51H,1,25,47H2,2-5H3/b48-29+. The molecule has 0 spiro atoms. The Labute approximate surface area is 299 Å². The third kappa shape index (κ3) is 5.75. The van der Waals surface area contributed by atoms with E-state index < -0.39 is 17.2 Å². The van der Waals surface area contributed by atoms with Crippen molar-refractivity contribution >= 4 is 17.5 Å². The third-order valence-electron chi connectivity index (χ3n) is 10.7. The number of fused-ring (bicyclic) bond motifs is 3. The lowest BCUT2D eigenvalue weighted by atomic mass is 9.78. The molecule has 7 rings (SSSR count). The molecule has 0 bridgehead atoms. The Balaban J connectivity index is 1.32. The van der Waals surface area contributed by atoms with E-state index in [4.69, 9.17) is 10.7 Å². The van der Waals surface area contributed by atoms with Crippen LogP contribution in [0, 0.1) is 13.8 Å². The zero-order valence-electron chi connectivity index (χ0n) is 29.4. The van der Waals surface area contributed by atoms with Crippen LogP contribution in [0.2, 0.25) is 0 Å².